The summed E-state index contributed by atoms with van der Waals surface area (Å²) in [5.41, 5.74) is 0.724. The molecule has 0 N–H and O–H groups in total. The van der Waals surface area contributed by atoms with E-state index in [1.165, 1.54) is 12.8 Å². The molecule has 0 amide bonds. The quantitative estimate of drug-likeness (QED) is 0.819. The number of hydrogen-bond acceptors (Lipinski definition) is 3. The molecule has 4 nitrogen and oxygen atoms in total. The summed E-state index contributed by atoms with van der Waals surface area (Å²) in [5.74, 6) is 1.38. The summed E-state index contributed by atoms with van der Waals surface area (Å²) in [5, 5.41) is 8.97. The standard InChI is InChI=1S/C12H17ClN4/c1-3-5-6-9(4-2)12-16-15-11-8-14-7-10(13)17(11)12/h7-9H,3-6H2,1-2H3. The van der Waals surface area contributed by atoms with Gasteiger partial charge >= 0.3 is 0 Å². The van der Waals surface area contributed by atoms with E-state index in [0.29, 0.717) is 11.1 Å². The molecule has 5 heteroatoms. The number of fused-ring (bicyclic) bond motifs is 1. The summed E-state index contributed by atoms with van der Waals surface area (Å²) < 4.78 is 1.90. The molecule has 2 aromatic rings. The molecule has 1 unspecified atom stereocenters. The van der Waals surface area contributed by atoms with Crippen molar-refractivity contribution in [1.29, 1.82) is 0 Å². The van der Waals surface area contributed by atoms with Crippen LogP contribution < -0.4 is 0 Å². The molecule has 0 aliphatic heterocycles. The van der Waals surface area contributed by atoms with Crippen LogP contribution in [0.2, 0.25) is 5.15 Å². The van der Waals surface area contributed by atoms with E-state index in [-0.39, 0.29) is 0 Å². The normalized spacial score (nSPS) is 13.1. The zero-order valence-corrected chi connectivity index (χ0v) is 11.0. The zero-order chi connectivity index (χ0) is 12.3. The summed E-state index contributed by atoms with van der Waals surface area (Å²) in [6, 6.07) is 0. The lowest BCUT2D eigenvalue weighted by Gasteiger charge is -2.12. The largest absolute Gasteiger partial charge is 0.266 e. The molecule has 0 fully saturated rings. The van der Waals surface area contributed by atoms with E-state index in [2.05, 4.69) is 29.0 Å². The van der Waals surface area contributed by atoms with E-state index in [0.717, 1.165) is 24.3 Å². The lowest BCUT2D eigenvalue weighted by atomic mass is 9.99. The predicted octanol–water partition coefficient (Wildman–Crippen LogP) is 3.46. The smallest absolute Gasteiger partial charge is 0.180 e. The number of hydrogen-bond donors (Lipinski definition) is 0. The van der Waals surface area contributed by atoms with E-state index in [1.807, 2.05) is 4.40 Å². The second-order valence-corrected chi connectivity index (χ2v) is 4.62. The minimum absolute atomic E-state index is 0.421. The predicted molar refractivity (Wildman–Crippen MR) is 68.3 cm³/mol. The molecule has 1 atom stereocenters. The molecule has 0 bridgehead atoms. The lowest BCUT2D eigenvalue weighted by molar-refractivity contribution is 0.539. The number of aromatic nitrogens is 4. The van der Waals surface area contributed by atoms with Crippen LogP contribution in [0.4, 0.5) is 0 Å². The molecule has 17 heavy (non-hydrogen) atoms. The van der Waals surface area contributed by atoms with Gasteiger partial charge in [-0.2, -0.15) is 0 Å². The molecular formula is C12H17ClN4. The van der Waals surface area contributed by atoms with Crippen LogP contribution in [-0.2, 0) is 0 Å². The van der Waals surface area contributed by atoms with Crippen LogP contribution in [0, 0.1) is 0 Å². The Bertz CT molecular complexity index is 494. The van der Waals surface area contributed by atoms with Gasteiger partial charge in [-0.05, 0) is 12.8 Å². The molecule has 0 saturated carbocycles. The monoisotopic (exact) mass is 252 g/mol. The average molecular weight is 253 g/mol. The van der Waals surface area contributed by atoms with E-state index < -0.39 is 0 Å². The first kappa shape index (κ1) is 12.3. The van der Waals surface area contributed by atoms with Crippen molar-refractivity contribution in [3.05, 3.63) is 23.4 Å². The molecule has 0 aliphatic carbocycles. The van der Waals surface area contributed by atoms with Crippen LogP contribution in [0.25, 0.3) is 5.65 Å². The van der Waals surface area contributed by atoms with Gasteiger partial charge in [-0.1, -0.05) is 38.3 Å². The molecule has 2 rings (SSSR count). The first-order valence-electron chi connectivity index (χ1n) is 6.12. The van der Waals surface area contributed by atoms with Crippen molar-refractivity contribution in [2.45, 2.75) is 45.4 Å². The van der Waals surface area contributed by atoms with E-state index in [9.17, 15) is 0 Å². The Morgan fingerprint density at radius 1 is 1.29 bits per heavy atom. The fourth-order valence-electron chi connectivity index (χ4n) is 2.07. The Morgan fingerprint density at radius 2 is 2.12 bits per heavy atom. The molecule has 0 spiro atoms. The highest BCUT2D eigenvalue weighted by Gasteiger charge is 2.17. The summed E-state index contributed by atoms with van der Waals surface area (Å²) >= 11 is 6.16. The summed E-state index contributed by atoms with van der Waals surface area (Å²) in [4.78, 5) is 4.02. The highest BCUT2D eigenvalue weighted by molar-refractivity contribution is 6.29. The first-order valence-corrected chi connectivity index (χ1v) is 6.50. The van der Waals surface area contributed by atoms with Gasteiger partial charge in [0.1, 0.15) is 11.0 Å². The maximum atomic E-state index is 6.16. The fraction of sp³-hybridized carbons (Fsp3) is 0.583. The van der Waals surface area contributed by atoms with Crippen LogP contribution in [0.3, 0.4) is 0 Å². The third-order valence-electron chi connectivity index (χ3n) is 3.06. The number of rotatable bonds is 5. The number of nitrogens with zero attached hydrogens (tertiary/aromatic N) is 4. The van der Waals surface area contributed by atoms with Gasteiger partial charge in [-0.3, -0.25) is 9.38 Å². The summed E-state index contributed by atoms with van der Waals surface area (Å²) in [6.07, 6.45) is 7.91. The topological polar surface area (TPSA) is 43.1 Å². The maximum absolute atomic E-state index is 6.16. The fourth-order valence-corrected chi connectivity index (χ4v) is 2.29. The molecular weight excluding hydrogens is 236 g/mol. The van der Waals surface area contributed by atoms with Crippen molar-refractivity contribution >= 4 is 17.2 Å². The van der Waals surface area contributed by atoms with Crippen LogP contribution in [0.15, 0.2) is 12.4 Å². The minimum atomic E-state index is 0.421. The van der Waals surface area contributed by atoms with Gasteiger partial charge < -0.3 is 0 Å². The van der Waals surface area contributed by atoms with Crippen molar-refractivity contribution in [2.75, 3.05) is 0 Å². The SMILES string of the molecule is CCCCC(CC)c1nnc2cncc(Cl)n12. The Labute approximate surface area is 106 Å². The second-order valence-electron chi connectivity index (χ2n) is 4.23. The van der Waals surface area contributed by atoms with Crippen LogP contribution >= 0.6 is 11.6 Å². The van der Waals surface area contributed by atoms with Crippen LogP contribution in [-0.4, -0.2) is 19.6 Å². The third kappa shape index (κ3) is 2.41. The van der Waals surface area contributed by atoms with Gasteiger partial charge in [-0.15, -0.1) is 10.2 Å². The molecule has 2 aromatic heterocycles. The maximum Gasteiger partial charge on any atom is 0.180 e. The highest BCUT2D eigenvalue weighted by atomic mass is 35.5. The molecule has 0 aliphatic rings. The Hall–Kier alpha value is -1.16. The van der Waals surface area contributed by atoms with E-state index in [4.69, 9.17) is 11.6 Å². The molecule has 0 saturated heterocycles. The average Bonchev–Trinajstić information content (AvgIpc) is 2.76. The number of unbranched alkanes of at least 4 members (excludes halogenated alkanes) is 1. The lowest BCUT2D eigenvalue weighted by Crippen LogP contribution is -2.04. The zero-order valence-electron chi connectivity index (χ0n) is 10.2. The Morgan fingerprint density at radius 3 is 2.82 bits per heavy atom. The van der Waals surface area contributed by atoms with Gasteiger partial charge in [0.25, 0.3) is 0 Å². The van der Waals surface area contributed by atoms with Crippen molar-refractivity contribution in [1.82, 2.24) is 19.6 Å². The van der Waals surface area contributed by atoms with E-state index >= 15 is 0 Å². The summed E-state index contributed by atoms with van der Waals surface area (Å²) in [6.45, 7) is 4.38. The van der Waals surface area contributed by atoms with Gasteiger partial charge in [0.05, 0.1) is 12.4 Å². The second kappa shape index (κ2) is 5.45. The van der Waals surface area contributed by atoms with Crippen LogP contribution in [0.1, 0.15) is 51.3 Å². The Balaban J connectivity index is 2.39. The molecule has 0 aromatic carbocycles. The van der Waals surface area contributed by atoms with Crippen LogP contribution in [0.5, 0.6) is 0 Å². The van der Waals surface area contributed by atoms with Gasteiger partial charge in [0.2, 0.25) is 0 Å². The van der Waals surface area contributed by atoms with Gasteiger partial charge in [-0.25, -0.2) is 0 Å². The molecule has 92 valence electrons. The highest BCUT2D eigenvalue weighted by Crippen LogP contribution is 2.26. The van der Waals surface area contributed by atoms with Gasteiger partial charge in [0, 0.05) is 5.92 Å². The Kier molecular flexibility index (Phi) is 3.94. The minimum Gasteiger partial charge on any atom is -0.266 e. The summed E-state index contributed by atoms with van der Waals surface area (Å²) in [7, 11) is 0. The van der Waals surface area contributed by atoms with Crippen molar-refractivity contribution in [3.63, 3.8) is 0 Å². The van der Waals surface area contributed by atoms with Crippen molar-refractivity contribution < 1.29 is 0 Å². The van der Waals surface area contributed by atoms with Gasteiger partial charge in [0.15, 0.2) is 5.65 Å². The third-order valence-corrected chi connectivity index (χ3v) is 3.33. The van der Waals surface area contributed by atoms with Crippen molar-refractivity contribution in [2.24, 2.45) is 0 Å². The van der Waals surface area contributed by atoms with Crippen molar-refractivity contribution in [3.8, 4) is 0 Å². The molecule has 2 heterocycles. The molecule has 0 radical (unpaired) electrons. The number of halogens is 1. The first-order chi connectivity index (χ1) is 8.27. The van der Waals surface area contributed by atoms with E-state index in [1.54, 1.807) is 12.4 Å².